The van der Waals surface area contributed by atoms with Gasteiger partial charge in [-0.05, 0) is 17.7 Å². The third-order valence-corrected chi connectivity index (χ3v) is 3.43. The molecule has 0 spiro atoms. The first-order valence-corrected chi connectivity index (χ1v) is 6.38. The summed E-state index contributed by atoms with van der Waals surface area (Å²) < 4.78 is 1.08. The van der Waals surface area contributed by atoms with Gasteiger partial charge in [0.15, 0.2) is 5.13 Å². The zero-order valence-electron chi connectivity index (χ0n) is 7.71. The van der Waals surface area contributed by atoms with E-state index in [1.807, 2.05) is 17.5 Å². The lowest BCUT2D eigenvalue weighted by atomic mass is 10.2. The standard InChI is InChI=1S/C10H8BrClN2S/c11-8-3-1-2-7(4-8)5-13-10-14-9(12)6-15-10/h1-4,6H,5H2,(H,13,14). The van der Waals surface area contributed by atoms with Crippen LogP contribution in [0.3, 0.4) is 0 Å². The number of thiazole rings is 1. The van der Waals surface area contributed by atoms with Gasteiger partial charge < -0.3 is 5.32 Å². The van der Waals surface area contributed by atoms with E-state index in [1.165, 1.54) is 16.9 Å². The third kappa shape index (κ3) is 3.19. The highest BCUT2D eigenvalue weighted by Crippen LogP contribution is 2.20. The molecule has 0 saturated heterocycles. The Morgan fingerprint density at radius 1 is 1.47 bits per heavy atom. The Labute approximate surface area is 105 Å². The second-order valence-electron chi connectivity index (χ2n) is 2.96. The van der Waals surface area contributed by atoms with Crippen LogP contribution in [0.1, 0.15) is 5.56 Å². The fraction of sp³-hybridized carbons (Fsp3) is 0.100. The van der Waals surface area contributed by atoms with Crippen molar-refractivity contribution in [1.29, 1.82) is 0 Å². The molecule has 2 rings (SSSR count). The van der Waals surface area contributed by atoms with E-state index in [-0.39, 0.29) is 0 Å². The number of anilines is 1. The normalized spacial score (nSPS) is 10.3. The van der Waals surface area contributed by atoms with E-state index in [4.69, 9.17) is 11.6 Å². The molecule has 78 valence electrons. The molecule has 0 aliphatic heterocycles. The van der Waals surface area contributed by atoms with Crippen LogP contribution in [-0.2, 0) is 6.54 Å². The van der Waals surface area contributed by atoms with E-state index in [1.54, 1.807) is 0 Å². The summed E-state index contributed by atoms with van der Waals surface area (Å²) in [5, 5.41) is 6.41. The highest BCUT2D eigenvalue weighted by molar-refractivity contribution is 9.10. The first kappa shape index (κ1) is 10.9. The van der Waals surface area contributed by atoms with E-state index in [9.17, 15) is 0 Å². The maximum atomic E-state index is 5.72. The fourth-order valence-electron chi connectivity index (χ4n) is 1.16. The maximum Gasteiger partial charge on any atom is 0.184 e. The molecule has 0 aliphatic rings. The van der Waals surface area contributed by atoms with E-state index >= 15 is 0 Å². The van der Waals surface area contributed by atoms with Crippen LogP contribution in [0.25, 0.3) is 0 Å². The van der Waals surface area contributed by atoms with Crippen molar-refractivity contribution in [1.82, 2.24) is 4.98 Å². The Bertz CT molecular complexity index is 458. The predicted molar refractivity (Wildman–Crippen MR) is 68.6 cm³/mol. The molecule has 0 atom stereocenters. The summed E-state index contributed by atoms with van der Waals surface area (Å²) in [6.07, 6.45) is 0. The molecule has 5 heteroatoms. The van der Waals surface area contributed by atoms with Crippen molar-refractivity contribution >= 4 is 44.0 Å². The largest absolute Gasteiger partial charge is 0.357 e. The van der Waals surface area contributed by atoms with Crippen molar-refractivity contribution < 1.29 is 0 Å². The highest BCUT2D eigenvalue weighted by atomic mass is 79.9. The van der Waals surface area contributed by atoms with Crippen molar-refractivity contribution in [3.8, 4) is 0 Å². The Hall–Kier alpha value is -0.580. The van der Waals surface area contributed by atoms with Gasteiger partial charge >= 0.3 is 0 Å². The highest BCUT2D eigenvalue weighted by Gasteiger charge is 1.99. The van der Waals surface area contributed by atoms with Crippen LogP contribution in [-0.4, -0.2) is 4.98 Å². The van der Waals surface area contributed by atoms with Gasteiger partial charge in [-0.1, -0.05) is 39.7 Å². The monoisotopic (exact) mass is 302 g/mol. The molecule has 1 aromatic heterocycles. The molecule has 1 N–H and O–H groups in total. The summed E-state index contributed by atoms with van der Waals surface area (Å²) in [5.74, 6) is 0. The Balaban J connectivity index is 1.99. The second kappa shape index (κ2) is 4.96. The molecule has 1 aromatic carbocycles. The molecule has 1 heterocycles. The van der Waals surface area contributed by atoms with Crippen molar-refractivity contribution in [2.45, 2.75) is 6.54 Å². The maximum absolute atomic E-state index is 5.72. The minimum absolute atomic E-state index is 0.539. The van der Waals surface area contributed by atoms with E-state index in [0.29, 0.717) is 5.15 Å². The minimum atomic E-state index is 0.539. The lowest BCUT2D eigenvalue weighted by Gasteiger charge is -2.02. The topological polar surface area (TPSA) is 24.9 Å². The molecule has 15 heavy (non-hydrogen) atoms. The molecule has 2 nitrogen and oxygen atoms in total. The second-order valence-corrected chi connectivity index (χ2v) is 5.12. The van der Waals surface area contributed by atoms with Gasteiger partial charge in [0.1, 0.15) is 5.15 Å². The van der Waals surface area contributed by atoms with Crippen LogP contribution >= 0.6 is 38.9 Å². The summed E-state index contributed by atoms with van der Waals surface area (Å²) in [5.41, 5.74) is 1.20. The van der Waals surface area contributed by atoms with Gasteiger partial charge in [0.05, 0.1) is 0 Å². The Morgan fingerprint density at radius 3 is 3.00 bits per heavy atom. The molecular weight excluding hydrogens is 296 g/mol. The molecule has 2 aromatic rings. The van der Waals surface area contributed by atoms with Crippen LogP contribution in [0, 0.1) is 0 Å². The summed E-state index contributed by atoms with van der Waals surface area (Å²) >= 11 is 10.7. The number of benzene rings is 1. The fourth-order valence-corrected chi connectivity index (χ4v) is 2.44. The quantitative estimate of drug-likeness (QED) is 0.920. The number of hydrogen-bond acceptors (Lipinski definition) is 3. The van der Waals surface area contributed by atoms with Gasteiger partial charge in [-0.3, -0.25) is 0 Å². The zero-order valence-corrected chi connectivity index (χ0v) is 10.9. The van der Waals surface area contributed by atoms with E-state index in [2.05, 4.69) is 38.4 Å². The van der Waals surface area contributed by atoms with Crippen LogP contribution in [0.15, 0.2) is 34.1 Å². The van der Waals surface area contributed by atoms with Gasteiger partial charge in [-0.2, -0.15) is 0 Å². The van der Waals surface area contributed by atoms with Crippen molar-refractivity contribution in [3.05, 3.63) is 44.8 Å². The van der Waals surface area contributed by atoms with E-state index in [0.717, 1.165) is 16.1 Å². The van der Waals surface area contributed by atoms with Crippen molar-refractivity contribution in [2.75, 3.05) is 5.32 Å². The number of nitrogens with one attached hydrogen (secondary N) is 1. The summed E-state index contributed by atoms with van der Waals surface area (Å²) in [7, 11) is 0. The van der Waals surface area contributed by atoms with Crippen molar-refractivity contribution in [2.24, 2.45) is 0 Å². The van der Waals surface area contributed by atoms with Crippen LogP contribution < -0.4 is 5.32 Å². The number of aromatic nitrogens is 1. The predicted octanol–water partition coefficient (Wildman–Crippen LogP) is 4.17. The van der Waals surface area contributed by atoms with Gasteiger partial charge in [-0.25, -0.2) is 4.98 Å². The average Bonchev–Trinajstić information content (AvgIpc) is 2.62. The molecule has 0 aliphatic carbocycles. The summed E-state index contributed by atoms with van der Waals surface area (Å²) in [6, 6.07) is 8.15. The first-order valence-electron chi connectivity index (χ1n) is 4.33. The number of rotatable bonds is 3. The van der Waals surface area contributed by atoms with Gasteiger partial charge in [0.2, 0.25) is 0 Å². The minimum Gasteiger partial charge on any atom is -0.357 e. The van der Waals surface area contributed by atoms with Gasteiger partial charge in [0.25, 0.3) is 0 Å². The average molecular weight is 304 g/mol. The Morgan fingerprint density at radius 2 is 2.33 bits per heavy atom. The molecule has 0 radical (unpaired) electrons. The lowest BCUT2D eigenvalue weighted by molar-refractivity contribution is 1.13. The van der Waals surface area contributed by atoms with Gasteiger partial charge in [0, 0.05) is 16.4 Å². The Kier molecular flexibility index (Phi) is 3.61. The summed E-state index contributed by atoms with van der Waals surface area (Å²) in [6.45, 7) is 0.753. The molecule has 0 unspecified atom stereocenters. The molecule has 0 bridgehead atoms. The SMILES string of the molecule is Clc1csc(NCc2cccc(Br)c2)n1. The molecule has 0 saturated carbocycles. The number of hydrogen-bond donors (Lipinski definition) is 1. The van der Waals surface area contributed by atoms with Crippen LogP contribution in [0.5, 0.6) is 0 Å². The van der Waals surface area contributed by atoms with Crippen LogP contribution in [0.4, 0.5) is 5.13 Å². The number of nitrogens with zero attached hydrogens (tertiary/aromatic N) is 1. The van der Waals surface area contributed by atoms with E-state index < -0.39 is 0 Å². The molecular formula is C10H8BrClN2S. The molecule has 0 fully saturated rings. The van der Waals surface area contributed by atoms with Crippen molar-refractivity contribution in [3.63, 3.8) is 0 Å². The number of halogens is 2. The first-order chi connectivity index (χ1) is 7.24. The summed E-state index contributed by atoms with van der Waals surface area (Å²) in [4.78, 5) is 4.11. The molecule has 0 amide bonds. The lowest BCUT2D eigenvalue weighted by Crippen LogP contribution is -1.98. The van der Waals surface area contributed by atoms with Gasteiger partial charge in [-0.15, -0.1) is 11.3 Å². The third-order valence-electron chi connectivity index (χ3n) is 1.81. The zero-order chi connectivity index (χ0) is 10.7. The smallest absolute Gasteiger partial charge is 0.184 e. The van der Waals surface area contributed by atoms with Crippen LogP contribution in [0.2, 0.25) is 5.15 Å².